The quantitative estimate of drug-likeness (QED) is 0.767. The largest absolute Gasteiger partial charge is 0.486 e. The summed E-state index contributed by atoms with van der Waals surface area (Å²) in [5, 5.41) is 0. The molecule has 0 fully saturated rings. The van der Waals surface area contributed by atoms with Crippen molar-refractivity contribution < 1.29 is 4.74 Å². The van der Waals surface area contributed by atoms with Gasteiger partial charge in [-0.15, -0.1) is 0 Å². The first-order valence-electron chi connectivity index (χ1n) is 6.86. The van der Waals surface area contributed by atoms with E-state index < -0.39 is 0 Å². The summed E-state index contributed by atoms with van der Waals surface area (Å²) < 4.78 is 6.10. The third-order valence-electron chi connectivity index (χ3n) is 3.13. The van der Waals surface area contributed by atoms with Crippen molar-refractivity contribution in [3.8, 4) is 5.75 Å². The number of anilines is 1. The normalized spacial score (nSPS) is 12.1. The van der Waals surface area contributed by atoms with Crippen molar-refractivity contribution in [1.82, 2.24) is 0 Å². The summed E-state index contributed by atoms with van der Waals surface area (Å²) >= 11 is 0. The van der Waals surface area contributed by atoms with Crippen LogP contribution in [0.25, 0.3) is 0 Å². The molecule has 0 saturated carbocycles. The third kappa shape index (κ3) is 4.02. The summed E-state index contributed by atoms with van der Waals surface area (Å²) in [4.78, 5) is 0. The molecule has 0 saturated heterocycles. The van der Waals surface area contributed by atoms with E-state index in [1.54, 1.807) is 0 Å². The van der Waals surface area contributed by atoms with E-state index in [4.69, 9.17) is 10.5 Å². The van der Waals surface area contributed by atoms with Crippen LogP contribution in [-0.4, -0.2) is 0 Å². The van der Waals surface area contributed by atoms with E-state index in [1.165, 1.54) is 12.0 Å². The third-order valence-corrected chi connectivity index (χ3v) is 3.13. The molecule has 1 atom stereocenters. The van der Waals surface area contributed by atoms with E-state index in [2.05, 4.69) is 31.2 Å². The molecule has 0 aliphatic rings. The number of nitrogens with two attached hydrogens (primary N) is 1. The van der Waals surface area contributed by atoms with Gasteiger partial charge in [0.2, 0.25) is 0 Å². The Hall–Kier alpha value is -1.96. The van der Waals surface area contributed by atoms with Gasteiger partial charge in [0.15, 0.2) is 0 Å². The highest BCUT2D eigenvalue weighted by Gasteiger charge is 2.12. The van der Waals surface area contributed by atoms with Crippen molar-refractivity contribution in [2.75, 3.05) is 5.73 Å². The molecule has 0 aliphatic carbocycles. The Bertz CT molecular complexity index is 496. The van der Waals surface area contributed by atoms with Crippen molar-refractivity contribution in [2.24, 2.45) is 0 Å². The highest BCUT2D eigenvalue weighted by molar-refractivity contribution is 5.43. The van der Waals surface area contributed by atoms with E-state index in [0.717, 1.165) is 24.3 Å². The van der Waals surface area contributed by atoms with E-state index in [-0.39, 0.29) is 6.10 Å². The first-order valence-corrected chi connectivity index (χ1v) is 6.86. The summed E-state index contributed by atoms with van der Waals surface area (Å²) in [6.07, 6.45) is 3.45. The molecular weight excluding hydrogens is 234 g/mol. The number of hydrogen-bond donors (Lipinski definition) is 1. The lowest BCUT2D eigenvalue weighted by Crippen LogP contribution is -2.07. The van der Waals surface area contributed by atoms with Crippen LogP contribution in [0.4, 0.5) is 5.69 Å². The predicted molar refractivity (Wildman–Crippen MR) is 80.2 cm³/mol. The zero-order valence-corrected chi connectivity index (χ0v) is 11.4. The van der Waals surface area contributed by atoms with Gasteiger partial charge in [0.1, 0.15) is 11.9 Å². The van der Waals surface area contributed by atoms with E-state index in [0.29, 0.717) is 0 Å². The van der Waals surface area contributed by atoms with Gasteiger partial charge in [0.25, 0.3) is 0 Å². The fourth-order valence-corrected chi connectivity index (χ4v) is 2.10. The van der Waals surface area contributed by atoms with Gasteiger partial charge < -0.3 is 10.5 Å². The number of hydrogen-bond acceptors (Lipinski definition) is 2. The Balaban J connectivity index is 2.14. The highest BCUT2D eigenvalue weighted by atomic mass is 16.5. The van der Waals surface area contributed by atoms with Gasteiger partial charge in [-0.25, -0.2) is 0 Å². The number of benzene rings is 2. The van der Waals surface area contributed by atoms with Crippen LogP contribution >= 0.6 is 0 Å². The first kappa shape index (κ1) is 13.5. The van der Waals surface area contributed by atoms with Crippen molar-refractivity contribution in [1.29, 1.82) is 0 Å². The summed E-state index contributed by atoms with van der Waals surface area (Å²) in [5.74, 6) is 0.838. The van der Waals surface area contributed by atoms with Crippen LogP contribution in [0, 0.1) is 0 Å². The fraction of sp³-hybridized carbons (Fsp3) is 0.294. The van der Waals surface area contributed by atoms with Crippen LogP contribution in [0.2, 0.25) is 0 Å². The molecule has 2 aromatic rings. The Morgan fingerprint density at radius 3 is 2.53 bits per heavy atom. The molecule has 0 aromatic heterocycles. The second kappa shape index (κ2) is 6.83. The van der Waals surface area contributed by atoms with Gasteiger partial charge >= 0.3 is 0 Å². The van der Waals surface area contributed by atoms with Crippen LogP contribution in [0.15, 0.2) is 54.6 Å². The summed E-state index contributed by atoms with van der Waals surface area (Å²) in [7, 11) is 0. The van der Waals surface area contributed by atoms with E-state index >= 15 is 0 Å². The molecule has 2 aromatic carbocycles. The van der Waals surface area contributed by atoms with Crippen molar-refractivity contribution >= 4 is 5.69 Å². The van der Waals surface area contributed by atoms with E-state index in [1.807, 2.05) is 30.3 Å². The fourth-order valence-electron chi connectivity index (χ4n) is 2.10. The number of nitrogen functional groups attached to an aromatic ring is 1. The molecule has 0 bridgehead atoms. The van der Waals surface area contributed by atoms with Gasteiger partial charge in [0, 0.05) is 11.8 Å². The SMILES string of the molecule is CCCCC(Oc1cccc(N)c1)c1ccccc1. The maximum absolute atomic E-state index is 6.10. The summed E-state index contributed by atoms with van der Waals surface area (Å²) in [6, 6.07) is 18.0. The van der Waals surface area contributed by atoms with Crippen LogP contribution in [-0.2, 0) is 0 Å². The Morgan fingerprint density at radius 1 is 1.05 bits per heavy atom. The molecule has 100 valence electrons. The molecule has 2 N–H and O–H groups in total. The van der Waals surface area contributed by atoms with Gasteiger partial charge in [0.05, 0.1) is 0 Å². The Labute approximate surface area is 115 Å². The topological polar surface area (TPSA) is 35.2 Å². The average Bonchev–Trinajstić information content (AvgIpc) is 2.44. The molecule has 19 heavy (non-hydrogen) atoms. The molecule has 0 heterocycles. The molecule has 1 unspecified atom stereocenters. The Morgan fingerprint density at radius 2 is 1.84 bits per heavy atom. The lowest BCUT2D eigenvalue weighted by molar-refractivity contribution is 0.191. The van der Waals surface area contributed by atoms with Crippen LogP contribution in [0.1, 0.15) is 37.9 Å². The van der Waals surface area contributed by atoms with Crippen molar-refractivity contribution in [2.45, 2.75) is 32.3 Å². The number of rotatable bonds is 6. The molecular formula is C17H21NO. The molecule has 0 amide bonds. The minimum atomic E-state index is 0.1000. The molecule has 0 radical (unpaired) electrons. The summed E-state index contributed by atoms with van der Waals surface area (Å²) in [5.41, 5.74) is 7.75. The number of ether oxygens (including phenoxy) is 1. The average molecular weight is 255 g/mol. The van der Waals surface area contributed by atoms with Crippen LogP contribution < -0.4 is 10.5 Å². The first-order chi connectivity index (χ1) is 9.29. The van der Waals surface area contributed by atoms with Gasteiger partial charge in [-0.05, 0) is 30.5 Å². The highest BCUT2D eigenvalue weighted by Crippen LogP contribution is 2.27. The summed E-state index contributed by atoms with van der Waals surface area (Å²) in [6.45, 7) is 2.20. The zero-order chi connectivity index (χ0) is 13.5. The zero-order valence-electron chi connectivity index (χ0n) is 11.4. The minimum absolute atomic E-state index is 0.1000. The monoisotopic (exact) mass is 255 g/mol. The molecule has 0 spiro atoms. The van der Waals surface area contributed by atoms with Crippen molar-refractivity contribution in [3.05, 3.63) is 60.2 Å². The van der Waals surface area contributed by atoms with Gasteiger partial charge in [-0.1, -0.05) is 49.7 Å². The number of unbranched alkanes of at least 4 members (excludes halogenated alkanes) is 1. The maximum atomic E-state index is 6.10. The lowest BCUT2D eigenvalue weighted by Gasteiger charge is -2.19. The smallest absolute Gasteiger partial charge is 0.124 e. The Kier molecular flexibility index (Phi) is 4.85. The second-order valence-electron chi connectivity index (χ2n) is 4.73. The van der Waals surface area contributed by atoms with Crippen molar-refractivity contribution in [3.63, 3.8) is 0 Å². The maximum Gasteiger partial charge on any atom is 0.124 e. The van der Waals surface area contributed by atoms with E-state index in [9.17, 15) is 0 Å². The molecule has 0 aliphatic heterocycles. The lowest BCUT2D eigenvalue weighted by atomic mass is 10.0. The van der Waals surface area contributed by atoms with Gasteiger partial charge in [-0.3, -0.25) is 0 Å². The standard InChI is InChI=1S/C17H21NO/c1-2-3-12-17(14-8-5-4-6-9-14)19-16-11-7-10-15(18)13-16/h4-11,13,17H,2-3,12,18H2,1H3. The van der Waals surface area contributed by atoms with Crippen LogP contribution in [0.3, 0.4) is 0 Å². The molecule has 2 rings (SSSR count). The van der Waals surface area contributed by atoms with Crippen LogP contribution in [0.5, 0.6) is 5.75 Å². The second-order valence-corrected chi connectivity index (χ2v) is 4.73. The predicted octanol–water partition coefficient (Wildman–Crippen LogP) is 4.58. The molecule has 2 heteroatoms. The minimum Gasteiger partial charge on any atom is -0.486 e. The molecule has 2 nitrogen and oxygen atoms in total. The van der Waals surface area contributed by atoms with Gasteiger partial charge in [-0.2, -0.15) is 0 Å².